The average Bonchev–Trinajstić information content (AvgIpc) is 3.30. The standard InChI is InChI=1S/C19H20FN5O.H2/c1-2-3-8-25(9-4-6-21)19(26)16-10-13(11-23-16)17-14-5-7-22-18(14)24-12-15(17)20;/h5,7,10-12,23H,2-4,8-9H2,1H3,(H,22,24);1H. The minimum absolute atomic E-state index is 0. The van der Waals surface area contributed by atoms with E-state index in [1.165, 1.54) is 6.20 Å². The molecule has 3 heterocycles. The summed E-state index contributed by atoms with van der Waals surface area (Å²) in [4.78, 5) is 24.4. The fourth-order valence-corrected chi connectivity index (χ4v) is 2.96. The van der Waals surface area contributed by atoms with Crippen LogP contribution < -0.4 is 0 Å². The first-order valence-corrected chi connectivity index (χ1v) is 8.62. The van der Waals surface area contributed by atoms with E-state index in [1.807, 2.05) is 6.92 Å². The third-order valence-corrected chi connectivity index (χ3v) is 4.30. The van der Waals surface area contributed by atoms with E-state index >= 15 is 0 Å². The molecule has 0 aromatic carbocycles. The highest BCUT2D eigenvalue weighted by atomic mass is 19.1. The summed E-state index contributed by atoms with van der Waals surface area (Å²) in [6, 6.07) is 5.48. The minimum Gasteiger partial charge on any atom is -0.357 e. The number of pyridine rings is 1. The number of carbonyl (C=O) groups excluding carboxylic acids is 1. The van der Waals surface area contributed by atoms with E-state index in [0.29, 0.717) is 40.9 Å². The van der Waals surface area contributed by atoms with Gasteiger partial charge in [0.25, 0.3) is 5.91 Å². The van der Waals surface area contributed by atoms with E-state index < -0.39 is 5.82 Å². The lowest BCUT2D eigenvalue weighted by atomic mass is 10.1. The first-order valence-electron chi connectivity index (χ1n) is 8.62. The van der Waals surface area contributed by atoms with Gasteiger partial charge in [0.2, 0.25) is 0 Å². The highest BCUT2D eigenvalue weighted by molar-refractivity contribution is 5.97. The van der Waals surface area contributed by atoms with Gasteiger partial charge in [-0.3, -0.25) is 4.79 Å². The number of nitrogens with zero attached hydrogens (tertiary/aromatic N) is 3. The van der Waals surface area contributed by atoms with Gasteiger partial charge in [-0.2, -0.15) is 5.26 Å². The molecule has 0 aliphatic carbocycles. The van der Waals surface area contributed by atoms with Crippen LogP contribution in [0.2, 0.25) is 0 Å². The summed E-state index contributed by atoms with van der Waals surface area (Å²) < 4.78 is 14.4. The number of fused-ring (bicyclic) bond motifs is 1. The van der Waals surface area contributed by atoms with Crippen molar-refractivity contribution < 1.29 is 10.6 Å². The van der Waals surface area contributed by atoms with E-state index in [0.717, 1.165) is 12.8 Å². The molecule has 0 saturated heterocycles. The Balaban J connectivity index is 0.00000261. The topological polar surface area (TPSA) is 88.6 Å². The molecule has 3 rings (SSSR count). The Morgan fingerprint density at radius 1 is 1.42 bits per heavy atom. The van der Waals surface area contributed by atoms with Crippen molar-refractivity contribution in [3.63, 3.8) is 0 Å². The summed E-state index contributed by atoms with van der Waals surface area (Å²) in [5.74, 6) is -0.623. The van der Waals surface area contributed by atoms with Gasteiger partial charge in [0.05, 0.1) is 18.7 Å². The van der Waals surface area contributed by atoms with Gasteiger partial charge in [-0.25, -0.2) is 9.37 Å². The molecule has 1 amide bonds. The lowest BCUT2D eigenvalue weighted by Crippen LogP contribution is -2.33. The zero-order chi connectivity index (χ0) is 18.5. The van der Waals surface area contributed by atoms with Crippen LogP contribution in [0.5, 0.6) is 0 Å². The van der Waals surface area contributed by atoms with Crippen LogP contribution in [0.15, 0.2) is 30.7 Å². The summed E-state index contributed by atoms with van der Waals surface area (Å²) in [6.45, 7) is 3.03. The van der Waals surface area contributed by atoms with Crippen molar-refractivity contribution in [3.8, 4) is 17.2 Å². The predicted molar refractivity (Wildman–Crippen MR) is 99.0 cm³/mol. The second-order valence-corrected chi connectivity index (χ2v) is 6.08. The lowest BCUT2D eigenvalue weighted by Gasteiger charge is -2.20. The van der Waals surface area contributed by atoms with Crippen molar-refractivity contribution in [2.45, 2.75) is 26.2 Å². The largest absolute Gasteiger partial charge is 0.357 e. The Labute approximate surface area is 152 Å². The van der Waals surface area contributed by atoms with Crippen molar-refractivity contribution >= 4 is 16.9 Å². The third-order valence-electron chi connectivity index (χ3n) is 4.30. The Kier molecular flexibility index (Phi) is 5.32. The third kappa shape index (κ3) is 3.45. The van der Waals surface area contributed by atoms with Gasteiger partial charge in [-0.05, 0) is 18.6 Å². The number of aromatic amines is 2. The molecule has 0 saturated carbocycles. The Morgan fingerprint density at radius 3 is 3.04 bits per heavy atom. The highest BCUT2D eigenvalue weighted by Crippen LogP contribution is 2.30. The maximum Gasteiger partial charge on any atom is 0.270 e. The zero-order valence-corrected chi connectivity index (χ0v) is 14.6. The summed E-state index contributed by atoms with van der Waals surface area (Å²) in [6.07, 6.45) is 6.61. The number of hydrogen-bond donors (Lipinski definition) is 2. The second-order valence-electron chi connectivity index (χ2n) is 6.08. The number of rotatable bonds is 7. The van der Waals surface area contributed by atoms with Gasteiger partial charge in [0, 0.05) is 43.4 Å². The van der Waals surface area contributed by atoms with E-state index in [9.17, 15) is 9.18 Å². The molecule has 6 nitrogen and oxygen atoms in total. The predicted octanol–water partition coefficient (Wildman–Crippen LogP) is 4.10. The van der Waals surface area contributed by atoms with Crippen LogP contribution >= 0.6 is 0 Å². The summed E-state index contributed by atoms with van der Waals surface area (Å²) >= 11 is 0. The van der Waals surface area contributed by atoms with Crippen LogP contribution in [0.4, 0.5) is 4.39 Å². The van der Waals surface area contributed by atoms with Gasteiger partial charge in [0.15, 0.2) is 0 Å². The molecule has 3 aromatic rings. The normalized spacial score (nSPS) is 10.8. The first-order chi connectivity index (χ1) is 12.7. The van der Waals surface area contributed by atoms with E-state index in [2.05, 4.69) is 21.0 Å². The number of unbranched alkanes of at least 4 members (excludes halogenated alkanes) is 1. The Hall–Kier alpha value is -3.14. The van der Waals surface area contributed by atoms with Gasteiger partial charge in [0.1, 0.15) is 17.2 Å². The Morgan fingerprint density at radius 2 is 2.27 bits per heavy atom. The number of hydrogen-bond acceptors (Lipinski definition) is 3. The van der Waals surface area contributed by atoms with Crippen molar-refractivity contribution in [3.05, 3.63) is 42.2 Å². The molecule has 2 N–H and O–H groups in total. The summed E-state index contributed by atoms with van der Waals surface area (Å²) in [7, 11) is 0. The van der Waals surface area contributed by atoms with Gasteiger partial charge in [-0.1, -0.05) is 13.3 Å². The van der Waals surface area contributed by atoms with Crippen LogP contribution in [0.3, 0.4) is 0 Å². The maximum absolute atomic E-state index is 14.4. The van der Waals surface area contributed by atoms with Crippen molar-refractivity contribution in [2.24, 2.45) is 0 Å². The van der Waals surface area contributed by atoms with E-state index in [1.54, 1.807) is 29.4 Å². The van der Waals surface area contributed by atoms with Crippen LogP contribution in [0, 0.1) is 17.1 Å². The van der Waals surface area contributed by atoms with Crippen molar-refractivity contribution in [1.29, 1.82) is 5.26 Å². The summed E-state index contributed by atoms with van der Waals surface area (Å²) in [5, 5.41) is 9.47. The van der Waals surface area contributed by atoms with Gasteiger partial charge < -0.3 is 14.9 Å². The molecule has 7 heteroatoms. The molecule has 0 unspecified atom stereocenters. The molecule has 3 aromatic heterocycles. The molecule has 0 fully saturated rings. The molecular formula is C19H22FN5O. The highest BCUT2D eigenvalue weighted by Gasteiger charge is 2.19. The second kappa shape index (κ2) is 7.83. The number of nitrogens with one attached hydrogen (secondary N) is 2. The monoisotopic (exact) mass is 355 g/mol. The summed E-state index contributed by atoms with van der Waals surface area (Å²) in [5.41, 5.74) is 1.97. The van der Waals surface area contributed by atoms with Crippen LogP contribution in [-0.2, 0) is 0 Å². The van der Waals surface area contributed by atoms with Crippen LogP contribution in [0.25, 0.3) is 22.2 Å². The number of carbonyl (C=O) groups is 1. The van der Waals surface area contributed by atoms with Crippen molar-refractivity contribution in [1.82, 2.24) is 19.9 Å². The van der Waals surface area contributed by atoms with E-state index in [4.69, 9.17) is 5.26 Å². The number of aromatic nitrogens is 3. The van der Waals surface area contributed by atoms with Crippen LogP contribution in [0.1, 0.15) is 38.1 Å². The Bertz CT molecular complexity index is 959. The fourth-order valence-electron chi connectivity index (χ4n) is 2.96. The average molecular weight is 355 g/mol. The molecule has 0 bridgehead atoms. The smallest absolute Gasteiger partial charge is 0.270 e. The molecule has 0 atom stereocenters. The molecule has 136 valence electrons. The minimum atomic E-state index is -0.442. The number of halogens is 1. The molecule has 26 heavy (non-hydrogen) atoms. The molecule has 0 aliphatic heterocycles. The zero-order valence-electron chi connectivity index (χ0n) is 14.6. The number of H-pyrrole nitrogens is 2. The van der Waals surface area contributed by atoms with Gasteiger partial charge >= 0.3 is 0 Å². The quantitative estimate of drug-likeness (QED) is 0.669. The molecule has 0 aliphatic rings. The van der Waals surface area contributed by atoms with Gasteiger partial charge in [-0.15, -0.1) is 0 Å². The number of amides is 1. The first kappa shape index (κ1) is 17.7. The number of nitriles is 1. The fraction of sp³-hybridized carbons (Fsp3) is 0.316. The SMILES string of the molecule is CCCCN(CCC#N)C(=O)c1cc(-c2c(F)cnc3[nH]ccc23)c[nH]1.[HH]. The van der Waals surface area contributed by atoms with E-state index in [-0.39, 0.29) is 13.8 Å². The molecular weight excluding hydrogens is 333 g/mol. The molecule has 0 spiro atoms. The van der Waals surface area contributed by atoms with Crippen molar-refractivity contribution in [2.75, 3.05) is 13.1 Å². The maximum atomic E-state index is 14.4. The molecule has 0 radical (unpaired) electrons. The lowest BCUT2D eigenvalue weighted by molar-refractivity contribution is 0.0751. The van der Waals surface area contributed by atoms with Crippen LogP contribution in [-0.4, -0.2) is 38.8 Å².